The van der Waals surface area contributed by atoms with Crippen LogP contribution in [0.3, 0.4) is 0 Å². The minimum absolute atomic E-state index is 0.0564. The number of rotatable bonds is 2. The van der Waals surface area contributed by atoms with E-state index in [1.54, 1.807) is 14.2 Å². The first-order chi connectivity index (χ1) is 9.65. The first-order valence-corrected chi connectivity index (χ1v) is 7.17. The molecule has 3 rings (SSSR count). The number of carbonyl (C=O) groups excluding carboxylic acids is 1. The van der Waals surface area contributed by atoms with E-state index in [1.807, 2.05) is 6.92 Å². The molecule has 0 aliphatic carbocycles. The maximum Gasteiger partial charge on any atom is 0.161 e. The second-order valence-corrected chi connectivity index (χ2v) is 5.64. The third kappa shape index (κ3) is 1.99. The predicted molar refractivity (Wildman–Crippen MR) is 76.4 cm³/mol. The molecular formula is C16H21NO3. The molecule has 0 N–H and O–H groups in total. The molecule has 108 valence electrons. The van der Waals surface area contributed by atoms with E-state index < -0.39 is 0 Å². The van der Waals surface area contributed by atoms with Gasteiger partial charge in [-0.1, -0.05) is 6.92 Å². The Morgan fingerprint density at radius 3 is 2.45 bits per heavy atom. The fourth-order valence-electron chi connectivity index (χ4n) is 3.52. The zero-order valence-electron chi connectivity index (χ0n) is 12.3. The molecule has 1 fully saturated rings. The van der Waals surface area contributed by atoms with Gasteiger partial charge in [-0.3, -0.25) is 9.69 Å². The molecule has 1 saturated heterocycles. The molecule has 20 heavy (non-hydrogen) atoms. The number of Topliss-reactive ketones (excluding diaryl/α,β-unsaturated/α-hetero) is 1. The van der Waals surface area contributed by atoms with Gasteiger partial charge in [0.2, 0.25) is 0 Å². The number of ketones is 1. The smallest absolute Gasteiger partial charge is 0.161 e. The topological polar surface area (TPSA) is 38.8 Å². The highest BCUT2D eigenvalue weighted by molar-refractivity contribution is 5.82. The summed E-state index contributed by atoms with van der Waals surface area (Å²) in [5, 5.41) is 0. The standard InChI is InChI=1S/C16H21NO3/c1-10-13(18)5-7-17-6-4-11-8-14(19-2)15(20-3)9-12(11)16(10)17/h8-10,16H,4-7H2,1-3H3/t10-,16+/m1/s1. The zero-order valence-corrected chi connectivity index (χ0v) is 12.3. The predicted octanol–water partition coefficient (Wildman–Crippen LogP) is 2.21. The first kappa shape index (κ1) is 13.4. The number of nitrogens with zero attached hydrogens (tertiary/aromatic N) is 1. The lowest BCUT2D eigenvalue weighted by molar-refractivity contribution is -0.128. The molecule has 0 radical (unpaired) electrons. The quantitative estimate of drug-likeness (QED) is 0.829. The summed E-state index contributed by atoms with van der Waals surface area (Å²) in [6, 6.07) is 4.32. The van der Waals surface area contributed by atoms with Crippen LogP contribution in [0.25, 0.3) is 0 Å². The second-order valence-electron chi connectivity index (χ2n) is 5.64. The highest BCUT2D eigenvalue weighted by Gasteiger charge is 2.38. The number of benzene rings is 1. The summed E-state index contributed by atoms with van der Waals surface area (Å²) < 4.78 is 10.8. The van der Waals surface area contributed by atoms with Crippen molar-refractivity contribution in [1.82, 2.24) is 4.90 Å². The van der Waals surface area contributed by atoms with Gasteiger partial charge >= 0.3 is 0 Å². The van der Waals surface area contributed by atoms with Crippen LogP contribution in [0.15, 0.2) is 12.1 Å². The highest BCUT2D eigenvalue weighted by Crippen LogP contribution is 2.43. The van der Waals surface area contributed by atoms with Gasteiger partial charge in [0.1, 0.15) is 5.78 Å². The molecule has 0 amide bonds. The Morgan fingerprint density at radius 2 is 1.75 bits per heavy atom. The molecule has 0 saturated carbocycles. The largest absolute Gasteiger partial charge is 0.493 e. The molecule has 2 atom stereocenters. The van der Waals surface area contributed by atoms with Crippen molar-refractivity contribution in [1.29, 1.82) is 0 Å². The fourth-order valence-corrected chi connectivity index (χ4v) is 3.52. The van der Waals surface area contributed by atoms with Crippen molar-refractivity contribution in [2.24, 2.45) is 5.92 Å². The molecule has 1 aromatic rings. The minimum atomic E-state index is 0.0564. The van der Waals surface area contributed by atoms with Crippen molar-refractivity contribution < 1.29 is 14.3 Å². The second kappa shape index (κ2) is 5.09. The fraction of sp³-hybridized carbons (Fsp3) is 0.562. The molecule has 2 aliphatic heterocycles. The van der Waals surface area contributed by atoms with E-state index >= 15 is 0 Å². The number of ether oxygens (including phenoxy) is 2. The number of hydrogen-bond donors (Lipinski definition) is 0. The summed E-state index contributed by atoms with van der Waals surface area (Å²) in [6.07, 6.45) is 1.69. The molecular weight excluding hydrogens is 254 g/mol. The summed E-state index contributed by atoms with van der Waals surface area (Å²) in [4.78, 5) is 14.5. The van der Waals surface area contributed by atoms with Crippen molar-refractivity contribution in [3.8, 4) is 11.5 Å². The number of piperidine rings is 1. The number of carbonyl (C=O) groups is 1. The van der Waals surface area contributed by atoms with E-state index in [4.69, 9.17) is 9.47 Å². The molecule has 2 aliphatic rings. The van der Waals surface area contributed by atoms with Crippen LogP contribution in [0.5, 0.6) is 11.5 Å². The maximum absolute atomic E-state index is 12.1. The molecule has 4 heteroatoms. The highest BCUT2D eigenvalue weighted by atomic mass is 16.5. The van der Waals surface area contributed by atoms with E-state index in [1.165, 1.54) is 11.1 Å². The van der Waals surface area contributed by atoms with Gasteiger partial charge in [-0.2, -0.15) is 0 Å². The van der Waals surface area contributed by atoms with Gasteiger partial charge in [0.05, 0.1) is 14.2 Å². The maximum atomic E-state index is 12.1. The first-order valence-electron chi connectivity index (χ1n) is 7.17. The summed E-state index contributed by atoms with van der Waals surface area (Å²) in [6.45, 7) is 3.94. The van der Waals surface area contributed by atoms with Gasteiger partial charge in [-0.25, -0.2) is 0 Å². The molecule has 1 aromatic carbocycles. The SMILES string of the molecule is COc1cc2c(cc1OC)[C@@H]1[C@H](C)C(=O)CCN1CC2. The van der Waals surface area contributed by atoms with Gasteiger partial charge < -0.3 is 9.47 Å². The summed E-state index contributed by atoms with van der Waals surface area (Å²) in [5.74, 6) is 1.95. The number of methoxy groups -OCH3 is 2. The Hall–Kier alpha value is -1.55. The lowest BCUT2D eigenvalue weighted by Gasteiger charge is -2.43. The lowest BCUT2D eigenvalue weighted by atomic mass is 9.80. The van der Waals surface area contributed by atoms with Crippen molar-refractivity contribution in [2.45, 2.75) is 25.8 Å². The van der Waals surface area contributed by atoms with Crippen molar-refractivity contribution in [3.05, 3.63) is 23.3 Å². The van der Waals surface area contributed by atoms with Gasteiger partial charge in [0.15, 0.2) is 11.5 Å². The summed E-state index contributed by atoms with van der Waals surface area (Å²) in [7, 11) is 3.31. The van der Waals surface area contributed by atoms with Crippen LogP contribution in [0.4, 0.5) is 0 Å². The molecule has 0 unspecified atom stereocenters. The third-order valence-electron chi connectivity index (χ3n) is 4.65. The summed E-state index contributed by atoms with van der Waals surface area (Å²) in [5.41, 5.74) is 2.51. The van der Waals surface area contributed by atoms with Gasteiger partial charge in [-0.05, 0) is 29.7 Å². The van der Waals surface area contributed by atoms with Crippen molar-refractivity contribution in [2.75, 3.05) is 27.3 Å². The molecule has 0 spiro atoms. The molecule has 0 bridgehead atoms. The Morgan fingerprint density at radius 1 is 1.10 bits per heavy atom. The number of fused-ring (bicyclic) bond motifs is 3. The van der Waals surface area contributed by atoms with Crippen molar-refractivity contribution >= 4 is 5.78 Å². The van der Waals surface area contributed by atoms with Crippen LogP contribution in [-0.4, -0.2) is 38.0 Å². The normalized spacial score (nSPS) is 25.9. The Balaban J connectivity index is 2.07. The Labute approximate surface area is 119 Å². The van der Waals surface area contributed by atoms with Crippen LogP contribution >= 0.6 is 0 Å². The van der Waals surface area contributed by atoms with E-state index in [-0.39, 0.29) is 12.0 Å². The van der Waals surface area contributed by atoms with E-state index in [0.29, 0.717) is 12.2 Å². The van der Waals surface area contributed by atoms with Gasteiger partial charge in [-0.15, -0.1) is 0 Å². The summed E-state index contributed by atoms with van der Waals surface area (Å²) >= 11 is 0. The molecule has 0 aromatic heterocycles. The van der Waals surface area contributed by atoms with Gasteiger partial charge in [0.25, 0.3) is 0 Å². The Bertz CT molecular complexity index is 541. The van der Waals surface area contributed by atoms with E-state index in [0.717, 1.165) is 31.0 Å². The average molecular weight is 275 g/mol. The molecule has 4 nitrogen and oxygen atoms in total. The van der Waals surface area contributed by atoms with Crippen LogP contribution in [0, 0.1) is 5.92 Å². The van der Waals surface area contributed by atoms with E-state index in [2.05, 4.69) is 17.0 Å². The lowest BCUT2D eigenvalue weighted by Crippen LogP contribution is -2.46. The zero-order chi connectivity index (χ0) is 14.3. The third-order valence-corrected chi connectivity index (χ3v) is 4.65. The Kier molecular flexibility index (Phi) is 3.42. The van der Waals surface area contributed by atoms with Gasteiger partial charge in [0, 0.05) is 31.5 Å². The van der Waals surface area contributed by atoms with Crippen LogP contribution < -0.4 is 9.47 Å². The van der Waals surface area contributed by atoms with Crippen LogP contribution in [0.1, 0.15) is 30.5 Å². The minimum Gasteiger partial charge on any atom is -0.493 e. The van der Waals surface area contributed by atoms with E-state index in [9.17, 15) is 4.79 Å². The van der Waals surface area contributed by atoms with Crippen LogP contribution in [0.2, 0.25) is 0 Å². The van der Waals surface area contributed by atoms with Crippen molar-refractivity contribution in [3.63, 3.8) is 0 Å². The number of hydrogen-bond acceptors (Lipinski definition) is 4. The van der Waals surface area contributed by atoms with Crippen LogP contribution in [-0.2, 0) is 11.2 Å². The monoisotopic (exact) mass is 275 g/mol. The average Bonchev–Trinajstić information content (AvgIpc) is 2.48. The molecule has 2 heterocycles.